The molecule has 1 aromatic rings. The maximum absolute atomic E-state index is 6.02. The largest absolute Gasteiger partial charge is 0.490 e. The van der Waals surface area contributed by atoms with Gasteiger partial charge in [-0.25, -0.2) is 0 Å². The standard InChI is InChI=1S/C15H21BrO/c1-10(2)13(9-16)8-14-7-12-6-11(3)4-5-15(12)17-14/h4-6,10,13-14H,7-9H2,1-3H3. The van der Waals surface area contributed by atoms with Crippen LogP contribution in [0.25, 0.3) is 0 Å². The number of aryl methyl sites for hydroxylation is 1. The van der Waals surface area contributed by atoms with Gasteiger partial charge in [0.25, 0.3) is 0 Å². The molecule has 0 N–H and O–H groups in total. The Balaban J connectivity index is 2.00. The summed E-state index contributed by atoms with van der Waals surface area (Å²) in [5, 5.41) is 1.07. The van der Waals surface area contributed by atoms with Crippen molar-refractivity contribution in [3.05, 3.63) is 29.3 Å². The van der Waals surface area contributed by atoms with Gasteiger partial charge in [-0.2, -0.15) is 0 Å². The molecule has 2 rings (SSSR count). The first kappa shape index (κ1) is 12.9. The molecule has 1 aromatic carbocycles. The van der Waals surface area contributed by atoms with Crippen molar-refractivity contribution in [3.63, 3.8) is 0 Å². The van der Waals surface area contributed by atoms with Crippen LogP contribution >= 0.6 is 15.9 Å². The quantitative estimate of drug-likeness (QED) is 0.750. The van der Waals surface area contributed by atoms with Gasteiger partial charge in [0.05, 0.1) is 0 Å². The summed E-state index contributed by atoms with van der Waals surface area (Å²) in [5.74, 6) is 2.51. The van der Waals surface area contributed by atoms with Crippen LogP contribution in [0.2, 0.25) is 0 Å². The van der Waals surface area contributed by atoms with E-state index in [1.807, 2.05) is 0 Å². The first-order valence-corrected chi connectivity index (χ1v) is 7.54. The molecule has 0 saturated heterocycles. The number of rotatable bonds is 4. The third kappa shape index (κ3) is 3.04. The van der Waals surface area contributed by atoms with E-state index in [4.69, 9.17) is 4.74 Å². The number of hydrogen-bond donors (Lipinski definition) is 0. The number of hydrogen-bond acceptors (Lipinski definition) is 1. The van der Waals surface area contributed by atoms with Crippen LogP contribution in [-0.4, -0.2) is 11.4 Å². The molecule has 17 heavy (non-hydrogen) atoms. The van der Waals surface area contributed by atoms with E-state index < -0.39 is 0 Å². The topological polar surface area (TPSA) is 9.23 Å². The van der Waals surface area contributed by atoms with Gasteiger partial charge in [-0.05, 0) is 36.8 Å². The second kappa shape index (κ2) is 5.43. The Kier molecular flexibility index (Phi) is 4.13. The van der Waals surface area contributed by atoms with E-state index in [9.17, 15) is 0 Å². The number of fused-ring (bicyclic) bond motifs is 1. The summed E-state index contributed by atoms with van der Waals surface area (Å²) in [5.41, 5.74) is 2.71. The van der Waals surface area contributed by atoms with Crippen LogP contribution in [-0.2, 0) is 6.42 Å². The minimum Gasteiger partial charge on any atom is -0.490 e. The Labute approximate surface area is 113 Å². The van der Waals surface area contributed by atoms with Crippen molar-refractivity contribution in [1.82, 2.24) is 0 Å². The van der Waals surface area contributed by atoms with Crippen molar-refractivity contribution in [1.29, 1.82) is 0 Å². The molecule has 0 saturated carbocycles. The van der Waals surface area contributed by atoms with Crippen molar-refractivity contribution >= 4 is 15.9 Å². The van der Waals surface area contributed by atoms with E-state index in [-0.39, 0.29) is 0 Å². The summed E-state index contributed by atoms with van der Waals surface area (Å²) in [6.45, 7) is 6.72. The molecule has 2 unspecified atom stereocenters. The third-order valence-corrected chi connectivity index (χ3v) is 4.50. The van der Waals surface area contributed by atoms with E-state index in [1.54, 1.807) is 0 Å². The van der Waals surface area contributed by atoms with Gasteiger partial charge >= 0.3 is 0 Å². The van der Waals surface area contributed by atoms with Crippen molar-refractivity contribution in [2.24, 2.45) is 11.8 Å². The lowest BCUT2D eigenvalue weighted by atomic mass is 9.91. The molecule has 0 aromatic heterocycles. The molecule has 1 nitrogen and oxygen atoms in total. The summed E-state index contributed by atoms with van der Waals surface area (Å²) in [4.78, 5) is 0. The van der Waals surface area contributed by atoms with E-state index in [1.165, 1.54) is 11.1 Å². The third-order valence-electron chi connectivity index (χ3n) is 3.66. The molecule has 2 heteroatoms. The minimum atomic E-state index is 0.372. The smallest absolute Gasteiger partial charge is 0.123 e. The molecule has 94 valence electrons. The summed E-state index contributed by atoms with van der Waals surface area (Å²) < 4.78 is 6.02. The predicted molar refractivity (Wildman–Crippen MR) is 76.0 cm³/mol. The Bertz CT molecular complexity index is 387. The van der Waals surface area contributed by atoms with Crippen LogP contribution in [0.1, 0.15) is 31.4 Å². The first-order chi connectivity index (χ1) is 8.10. The number of benzene rings is 1. The maximum atomic E-state index is 6.02. The molecule has 0 aliphatic carbocycles. The van der Waals surface area contributed by atoms with Crippen molar-refractivity contribution in [2.45, 2.75) is 39.7 Å². The van der Waals surface area contributed by atoms with Gasteiger partial charge in [-0.15, -0.1) is 0 Å². The predicted octanol–water partition coefficient (Wildman–Crippen LogP) is 4.36. The molecular weight excluding hydrogens is 276 g/mol. The lowest BCUT2D eigenvalue weighted by Crippen LogP contribution is -2.22. The maximum Gasteiger partial charge on any atom is 0.123 e. The monoisotopic (exact) mass is 296 g/mol. The summed E-state index contributed by atoms with van der Waals surface area (Å²) in [7, 11) is 0. The molecule has 1 heterocycles. The average Bonchev–Trinajstić information content (AvgIpc) is 2.66. The van der Waals surface area contributed by atoms with Gasteiger partial charge in [0.2, 0.25) is 0 Å². The molecule has 1 aliphatic heterocycles. The molecule has 0 bridgehead atoms. The van der Waals surface area contributed by atoms with Crippen LogP contribution in [0.5, 0.6) is 5.75 Å². The van der Waals surface area contributed by atoms with Crippen LogP contribution in [0.3, 0.4) is 0 Å². The molecule has 0 radical (unpaired) electrons. The molecular formula is C15H21BrO. The number of alkyl halides is 1. The fraction of sp³-hybridized carbons (Fsp3) is 0.600. The van der Waals surface area contributed by atoms with Crippen molar-refractivity contribution in [2.75, 3.05) is 5.33 Å². The fourth-order valence-electron chi connectivity index (χ4n) is 2.43. The zero-order valence-corrected chi connectivity index (χ0v) is 12.5. The number of ether oxygens (including phenoxy) is 1. The Morgan fingerprint density at radius 3 is 2.82 bits per heavy atom. The van der Waals surface area contributed by atoms with E-state index in [0.717, 1.165) is 23.9 Å². The van der Waals surface area contributed by atoms with Gasteiger partial charge in [0, 0.05) is 11.8 Å². The highest BCUT2D eigenvalue weighted by molar-refractivity contribution is 9.09. The van der Waals surface area contributed by atoms with E-state index >= 15 is 0 Å². The normalized spacial score (nSPS) is 20.2. The van der Waals surface area contributed by atoms with Crippen molar-refractivity contribution < 1.29 is 4.74 Å². The molecule has 2 atom stereocenters. The van der Waals surface area contributed by atoms with Crippen molar-refractivity contribution in [3.8, 4) is 5.75 Å². The van der Waals surface area contributed by atoms with E-state index in [2.05, 4.69) is 54.9 Å². The Hall–Kier alpha value is -0.500. The first-order valence-electron chi connectivity index (χ1n) is 6.42. The molecule has 1 aliphatic rings. The van der Waals surface area contributed by atoms with E-state index in [0.29, 0.717) is 17.9 Å². The molecule has 0 amide bonds. The zero-order chi connectivity index (χ0) is 12.4. The van der Waals surface area contributed by atoms with Gasteiger partial charge in [-0.1, -0.05) is 47.5 Å². The molecule has 0 fully saturated rings. The lowest BCUT2D eigenvalue weighted by molar-refractivity contribution is 0.184. The summed E-state index contributed by atoms with van der Waals surface area (Å²) >= 11 is 3.61. The van der Waals surface area contributed by atoms with Gasteiger partial charge in [-0.3, -0.25) is 0 Å². The number of halogens is 1. The molecule has 0 spiro atoms. The van der Waals surface area contributed by atoms with Crippen LogP contribution < -0.4 is 4.74 Å². The average molecular weight is 297 g/mol. The van der Waals surface area contributed by atoms with Crippen LogP contribution in [0, 0.1) is 18.8 Å². The second-order valence-electron chi connectivity index (χ2n) is 5.45. The van der Waals surface area contributed by atoms with Crippen LogP contribution in [0.4, 0.5) is 0 Å². The summed E-state index contributed by atoms with van der Waals surface area (Å²) in [6, 6.07) is 6.50. The zero-order valence-electron chi connectivity index (χ0n) is 10.9. The Morgan fingerprint density at radius 2 is 2.18 bits per heavy atom. The van der Waals surface area contributed by atoms with Gasteiger partial charge in [0.1, 0.15) is 11.9 Å². The second-order valence-corrected chi connectivity index (χ2v) is 6.10. The minimum absolute atomic E-state index is 0.372. The highest BCUT2D eigenvalue weighted by Gasteiger charge is 2.26. The van der Waals surface area contributed by atoms with Gasteiger partial charge in [0.15, 0.2) is 0 Å². The fourth-order valence-corrected chi connectivity index (χ4v) is 3.44. The highest BCUT2D eigenvalue weighted by Crippen LogP contribution is 2.33. The highest BCUT2D eigenvalue weighted by atomic mass is 79.9. The summed E-state index contributed by atoms with van der Waals surface area (Å²) in [6.07, 6.45) is 2.60. The lowest BCUT2D eigenvalue weighted by Gasteiger charge is -2.21. The SMILES string of the molecule is Cc1ccc2c(c1)CC(CC(CBr)C(C)C)O2. The van der Waals surface area contributed by atoms with Crippen LogP contribution in [0.15, 0.2) is 18.2 Å². The Morgan fingerprint density at radius 1 is 1.41 bits per heavy atom. The van der Waals surface area contributed by atoms with Gasteiger partial charge < -0.3 is 4.74 Å².